The molecule has 0 bridgehead atoms. The van der Waals surface area contributed by atoms with Gasteiger partial charge in [-0.1, -0.05) is 24.1 Å². The Morgan fingerprint density at radius 3 is 2.60 bits per heavy atom. The largest absolute Gasteiger partial charge is 0.352 e. The van der Waals surface area contributed by atoms with Gasteiger partial charge in [0, 0.05) is 44.1 Å². The van der Waals surface area contributed by atoms with E-state index in [1.807, 2.05) is 18.3 Å². The lowest BCUT2D eigenvalue weighted by atomic mass is 9.87. The van der Waals surface area contributed by atoms with Crippen LogP contribution in [0, 0.1) is 5.92 Å². The van der Waals surface area contributed by atoms with Crippen LogP contribution in [0.1, 0.15) is 55.3 Å². The van der Waals surface area contributed by atoms with E-state index in [0.717, 1.165) is 37.1 Å². The minimum Gasteiger partial charge on any atom is -0.352 e. The minimum absolute atomic E-state index is 0.0881. The normalized spacial score (nSPS) is 20.5. The fraction of sp³-hybridized carbons (Fsp3) is 0.609. The number of halogens is 3. The van der Waals surface area contributed by atoms with E-state index in [1.165, 1.54) is 19.3 Å². The Labute approximate surface area is 181 Å². The molecular formula is C23H30ClF2N3O. The minimum atomic E-state index is -2.55. The second-order valence-corrected chi connectivity index (χ2v) is 9.19. The SMILES string of the molecule is O=C(NCC1CCC(F)(F)CC1)c1cn(CCN2CCCCC2)c2cccc(Cl)c12. The molecule has 4 rings (SSSR count). The van der Waals surface area contributed by atoms with E-state index in [0.29, 0.717) is 30.0 Å². The molecule has 0 spiro atoms. The van der Waals surface area contributed by atoms with E-state index in [4.69, 9.17) is 11.6 Å². The van der Waals surface area contributed by atoms with Crippen molar-refractivity contribution in [3.8, 4) is 0 Å². The number of carbonyl (C=O) groups excluding carboxylic acids is 1. The zero-order valence-corrected chi connectivity index (χ0v) is 18.1. The molecule has 1 aliphatic carbocycles. The summed E-state index contributed by atoms with van der Waals surface area (Å²) in [5, 5.41) is 4.30. The van der Waals surface area contributed by atoms with Crippen LogP contribution in [0.5, 0.6) is 0 Å². The van der Waals surface area contributed by atoms with Crippen LogP contribution in [0.3, 0.4) is 0 Å². The zero-order chi connectivity index (χ0) is 21.1. The van der Waals surface area contributed by atoms with Crippen LogP contribution in [0.25, 0.3) is 10.9 Å². The van der Waals surface area contributed by atoms with E-state index < -0.39 is 5.92 Å². The number of hydrogen-bond acceptors (Lipinski definition) is 2. The van der Waals surface area contributed by atoms with Crippen molar-refractivity contribution in [2.45, 2.75) is 57.4 Å². The maximum Gasteiger partial charge on any atom is 0.253 e. The maximum absolute atomic E-state index is 13.4. The highest BCUT2D eigenvalue weighted by molar-refractivity contribution is 6.36. The van der Waals surface area contributed by atoms with Crippen molar-refractivity contribution < 1.29 is 13.6 Å². The van der Waals surface area contributed by atoms with Crippen LogP contribution in [0.15, 0.2) is 24.4 Å². The summed E-state index contributed by atoms with van der Waals surface area (Å²) in [6.07, 6.45) is 6.42. The molecule has 1 aliphatic heterocycles. The van der Waals surface area contributed by atoms with Gasteiger partial charge in [-0.2, -0.15) is 0 Å². The third-order valence-corrected chi connectivity index (χ3v) is 6.91. The first-order valence-electron chi connectivity index (χ1n) is 11.1. The number of fused-ring (bicyclic) bond motifs is 1. The summed E-state index contributed by atoms with van der Waals surface area (Å²) in [7, 11) is 0. The van der Waals surface area contributed by atoms with Crippen LogP contribution in [0.2, 0.25) is 5.02 Å². The Bertz CT molecular complexity index is 882. The van der Waals surface area contributed by atoms with Crippen LogP contribution in [0.4, 0.5) is 8.78 Å². The number of alkyl halides is 2. The van der Waals surface area contributed by atoms with Crippen molar-refractivity contribution >= 4 is 28.4 Å². The van der Waals surface area contributed by atoms with Crippen molar-refractivity contribution in [2.75, 3.05) is 26.2 Å². The Morgan fingerprint density at radius 1 is 1.13 bits per heavy atom. The molecule has 1 aromatic heterocycles. The van der Waals surface area contributed by atoms with Crippen LogP contribution in [-0.2, 0) is 6.54 Å². The topological polar surface area (TPSA) is 37.3 Å². The number of rotatable bonds is 6. The number of carbonyl (C=O) groups is 1. The monoisotopic (exact) mass is 437 g/mol. The molecule has 7 heteroatoms. The number of piperidine rings is 1. The Morgan fingerprint density at radius 2 is 1.87 bits per heavy atom. The van der Waals surface area contributed by atoms with Crippen molar-refractivity contribution in [3.63, 3.8) is 0 Å². The van der Waals surface area contributed by atoms with Gasteiger partial charge in [-0.25, -0.2) is 8.78 Å². The third-order valence-electron chi connectivity index (χ3n) is 6.59. The predicted molar refractivity (Wildman–Crippen MR) is 116 cm³/mol. The lowest BCUT2D eigenvalue weighted by Gasteiger charge is -2.28. The number of nitrogens with zero attached hydrogens (tertiary/aromatic N) is 2. The molecule has 2 aromatic rings. The van der Waals surface area contributed by atoms with Gasteiger partial charge < -0.3 is 14.8 Å². The predicted octanol–water partition coefficient (Wildman–Crippen LogP) is 5.34. The van der Waals surface area contributed by atoms with Crippen LogP contribution < -0.4 is 5.32 Å². The summed E-state index contributed by atoms with van der Waals surface area (Å²) in [6.45, 7) is 4.46. The van der Waals surface area contributed by atoms with Gasteiger partial charge in [0.05, 0.1) is 16.1 Å². The second kappa shape index (κ2) is 9.23. The molecule has 30 heavy (non-hydrogen) atoms. The first-order valence-corrected chi connectivity index (χ1v) is 11.5. The standard InChI is InChI=1S/C23H30ClF2N3O/c24-19-5-4-6-20-21(19)18(16-29(20)14-13-28-11-2-1-3-12-28)22(30)27-15-17-7-9-23(25,26)10-8-17/h4-6,16-17H,1-3,7-15H2,(H,27,30). The second-order valence-electron chi connectivity index (χ2n) is 8.78. The Balaban J connectivity index is 1.45. The smallest absolute Gasteiger partial charge is 0.253 e. The van der Waals surface area contributed by atoms with E-state index >= 15 is 0 Å². The lowest BCUT2D eigenvalue weighted by Crippen LogP contribution is -2.34. The van der Waals surface area contributed by atoms with Crippen molar-refractivity contribution in [2.24, 2.45) is 5.92 Å². The van der Waals surface area contributed by atoms with Crippen LogP contribution >= 0.6 is 11.6 Å². The van der Waals surface area contributed by atoms with E-state index in [1.54, 1.807) is 6.07 Å². The van der Waals surface area contributed by atoms with E-state index in [-0.39, 0.29) is 24.7 Å². The maximum atomic E-state index is 13.4. The van der Waals surface area contributed by atoms with Crippen LogP contribution in [-0.4, -0.2) is 47.5 Å². The molecular weight excluding hydrogens is 408 g/mol. The van der Waals surface area contributed by atoms with Gasteiger partial charge >= 0.3 is 0 Å². The molecule has 1 saturated carbocycles. The molecule has 2 heterocycles. The highest BCUT2D eigenvalue weighted by atomic mass is 35.5. The number of aromatic nitrogens is 1. The number of amides is 1. The molecule has 4 nitrogen and oxygen atoms in total. The summed E-state index contributed by atoms with van der Waals surface area (Å²) in [6, 6.07) is 5.71. The summed E-state index contributed by atoms with van der Waals surface area (Å²) in [5.74, 6) is -2.62. The third kappa shape index (κ3) is 4.97. The zero-order valence-electron chi connectivity index (χ0n) is 17.3. The number of nitrogens with one attached hydrogen (secondary N) is 1. The molecule has 2 aliphatic rings. The lowest BCUT2D eigenvalue weighted by molar-refractivity contribution is -0.0452. The van der Waals surface area contributed by atoms with Crippen molar-refractivity contribution in [3.05, 3.63) is 35.0 Å². The Kier molecular flexibility index (Phi) is 6.63. The number of hydrogen-bond donors (Lipinski definition) is 1. The summed E-state index contributed by atoms with van der Waals surface area (Å²) in [4.78, 5) is 15.4. The molecule has 1 saturated heterocycles. The molecule has 1 N–H and O–H groups in total. The molecule has 164 valence electrons. The molecule has 0 atom stereocenters. The van der Waals surface area contributed by atoms with Gasteiger partial charge in [-0.15, -0.1) is 0 Å². The van der Waals surface area contributed by atoms with Gasteiger partial charge in [0.15, 0.2) is 0 Å². The number of likely N-dealkylation sites (tertiary alicyclic amines) is 1. The first kappa shape index (κ1) is 21.6. The van der Waals surface area contributed by atoms with E-state index in [2.05, 4.69) is 14.8 Å². The van der Waals surface area contributed by atoms with E-state index in [9.17, 15) is 13.6 Å². The molecule has 1 aromatic carbocycles. The van der Waals surface area contributed by atoms with Gasteiger partial charge in [0.2, 0.25) is 5.92 Å². The van der Waals surface area contributed by atoms with Gasteiger partial charge in [-0.3, -0.25) is 4.79 Å². The summed E-state index contributed by atoms with van der Waals surface area (Å²) < 4.78 is 28.8. The van der Waals surface area contributed by atoms with Crippen molar-refractivity contribution in [1.82, 2.24) is 14.8 Å². The summed E-state index contributed by atoms with van der Waals surface area (Å²) >= 11 is 6.46. The molecule has 1 amide bonds. The average molecular weight is 438 g/mol. The fourth-order valence-corrected chi connectivity index (χ4v) is 5.01. The summed E-state index contributed by atoms with van der Waals surface area (Å²) in [5.41, 5.74) is 1.53. The quantitative estimate of drug-likeness (QED) is 0.662. The Hall–Kier alpha value is -1.66. The average Bonchev–Trinajstić information content (AvgIpc) is 3.12. The van der Waals surface area contributed by atoms with Gasteiger partial charge in [0.1, 0.15) is 0 Å². The van der Waals surface area contributed by atoms with Crippen molar-refractivity contribution in [1.29, 1.82) is 0 Å². The first-order chi connectivity index (χ1) is 14.4. The fourth-order valence-electron chi connectivity index (χ4n) is 4.73. The van der Waals surface area contributed by atoms with Gasteiger partial charge in [-0.05, 0) is 56.8 Å². The molecule has 0 unspecified atom stereocenters. The number of benzene rings is 1. The highest BCUT2D eigenvalue weighted by Gasteiger charge is 2.35. The molecule has 0 radical (unpaired) electrons. The molecule has 2 fully saturated rings. The van der Waals surface area contributed by atoms with Gasteiger partial charge in [0.25, 0.3) is 5.91 Å². The highest BCUT2D eigenvalue weighted by Crippen LogP contribution is 2.36.